The summed E-state index contributed by atoms with van der Waals surface area (Å²) in [6.07, 6.45) is 3.78. The molecule has 1 aliphatic carbocycles. The molecular weight excluding hydrogens is 409 g/mol. The number of hydrogen-bond donors (Lipinski definition) is 1. The summed E-state index contributed by atoms with van der Waals surface area (Å²) in [5, 5.41) is 4.88. The highest BCUT2D eigenvalue weighted by molar-refractivity contribution is 9.10. The largest absolute Gasteiger partial charge is 0.314 e. The van der Waals surface area contributed by atoms with Crippen molar-refractivity contribution >= 4 is 39.1 Å². The molecule has 6 heteroatoms. The van der Waals surface area contributed by atoms with Gasteiger partial charge in [0.05, 0.1) is 11.7 Å². The molecular formula is C18H18BrCl2N3. The molecule has 1 saturated heterocycles. The number of pyridine rings is 1. The van der Waals surface area contributed by atoms with Gasteiger partial charge in [0.25, 0.3) is 0 Å². The molecule has 1 N–H and O–H groups in total. The third-order valence-corrected chi connectivity index (χ3v) is 5.83. The molecule has 0 bridgehead atoms. The second-order valence-electron chi connectivity index (χ2n) is 6.35. The zero-order valence-corrected chi connectivity index (χ0v) is 16.3. The standard InChI is InChI=1S/C18H18BrCl2N3/c19-13-7-12-2-1-11-8-14(20)9-15(21)16(11)18(17(12)23-10-13)24-5-3-22-4-6-24/h7-10,18,22H,1-6H2. The van der Waals surface area contributed by atoms with Gasteiger partial charge >= 0.3 is 0 Å². The summed E-state index contributed by atoms with van der Waals surface area (Å²) < 4.78 is 1.02. The number of aromatic nitrogens is 1. The van der Waals surface area contributed by atoms with Crippen molar-refractivity contribution in [1.82, 2.24) is 15.2 Å². The Labute approximate surface area is 160 Å². The normalized spacial score (nSPS) is 21.0. The Balaban J connectivity index is 1.91. The lowest BCUT2D eigenvalue weighted by Gasteiger charge is -2.36. The van der Waals surface area contributed by atoms with Crippen molar-refractivity contribution in [1.29, 1.82) is 0 Å². The molecule has 126 valence electrons. The molecule has 4 rings (SSSR count). The van der Waals surface area contributed by atoms with Crippen molar-refractivity contribution in [3.05, 3.63) is 61.3 Å². The maximum Gasteiger partial charge on any atom is 0.0797 e. The molecule has 1 aromatic heterocycles. The van der Waals surface area contributed by atoms with Crippen LogP contribution in [0.25, 0.3) is 0 Å². The molecule has 1 atom stereocenters. The second kappa shape index (κ2) is 6.93. The predicted molar refractivity (Wildman–Crippen MR) is 102 cm³/mol. The van der Waals surface area contributed by atoms with Gasteiger partial charge in [0.1, 0.15) is 0 Å². The van der Waals surface area contributed by atoms with Gasteiger partial charge in [-0.1, -0.05) is 23.2 Å². The number of hydrogen-bond acceptors (Lipinski definition) is 3. The van der Waals surface area contributed by atoms with Gasteiger partial charge < -0.3 is 5.32 Å². The van der Waals surface area contributed by atoms with Gasteiger partial charge in [-0.15, -0.1) is 0 Å². The Morgan fingerprint density at radius 1 is 1.08 bits per heavy atom. The molecule has 2 aromatic rings. The molecule has 2 heterocycles. The van der Waals surface area contributed by atoms with Gasteiger partial charge in [-0.25, -0.2) is 0 Å². The predicted octanol–water partition coefficient (Wildman–Crippen LogP) is 4.24. The summed E-state index contributed by atoms with van der Waals surface area (Å²) in [4.78, 5) is 7.28. The lowest BCUT2D eigenvalue weighted by molar-refractivity contribution is 0.195. The number of rotatable bonds is 1. The van der Waals surface area contributed by atoms with Crippen molar-refractivity contribution in [2.24, 2.45) is 0 Å². The van der Waals surface area contributed by atoms with E-state index in [0.29, 0.717) is 5.02 Å². The Hall–Kier alpha value is -0.650. The van der Waals surface area contributed by atoms with Gasteiger partial charge in [-0.05, 0) is 63.7 Å². The first-order valence-electron chi connectivity index (χ1n) is 8.20. The van der Waals surface area contributed by atoms with E-state index in [0.717, 1.165) is 54.2 Å². The van der Waals surface area contributed by atoms with E-state index < -0.39 is 0 Å². The van der Waals surface area contributed by atoms with E-state index in [2.05, 4.69) is 38.3 Å². The summed E-state index contributed by atoms with van der Waals surface area (Å²) in [6.45, 7) is 3.95. The van der Waals surface area contributed by atoms with Crippen molar-refractivity contribution in [3.63, 3.8) is 0 Å². The minimum atomic E-state index is 0.0949. The topological polar surface area (TPSA) is 28.2 Å². The maximum atomic E-state index is 6.67. The summed E-state index contributed by atoms with van der Waals surface area (Å²) in [6, 6.07) is 6.22. The minimum absolute atomic E-state index is 0.0949. The van der Waals surface area contributed by atoms with Gasteiger partial charge in [-0.3, -0.25) is 9.88 Å². The third kappa shape index (κ3) is 3.11. The number of aryl methyl sites for hydroxylation is 2. The number of halogens is 3. The van der Waals surface area contributed by atoms with Gasteiger partial charge in [-0.2, -0.15) is 0 Å². The molecule has 0 spiro atoms. The fourth-order valence-corrected chi connectivity index (χ4v) is 4.81. The van der Waals surface area contributed by atoms with Gasteiger partial charge in [0, 0.05) is 46.9 Å². The first kappa shape index (κ1) is 16.8. The summed E-state index contributed by atoms with van der Waals surface area (Å²) in [5.74, 6) is 0. The molecule has 0 saturated carbocycles. The van der Waals surface area contributed by atoms with Crippen LogP contribution in [0.5, 0.6) is 0 Å². The minimum Gasteiger partial charge on any atom is -0.314 e. The smallest absolute Gasteiger partial charge is 0.0797 e. The van der Waals surface area contributed by atoms with Crippen molar-refractivity contribution < 1.29 is 0 Å². The van der Waals surface area contributed by atoms with Crippen LogP contribution in [0.3, 0.4) is 0 Å². The Morgan fingerprint density at radius 3 is 2.62 bits per heavy atom. The van der Waals surface area contributed by atoms with E-state index in [1.165, 1.54) is 16.7 Å². The van der Waals surface area contributed by atoms with Crippen LogP contribution in [0.2, 0.25) is 10.0 Å². The van der Waals surface area contributed by atoms with E-state index >= 15 is 0 Å². The fraction of sp³-hybridized carbons (Fsp3) is 0.389. The number of piperazine rings is 1. The van der Waals surface area contributed by atoms with Crippen molar-refractivity contribution in [2.45, 2.75) is 18.9 Å². The maximum absolute atomic E-state index is 6.67. The zero-order valence-electron chi connectivity index (χ0n) is 13.2. The van der Waals surface area contributed by atoms with Gasteiger partial charge in [0.2, 0.25) is 0 Å². The summed E-state index contributed by atoms with van der Waals surface area (Å²) in [5.41, 5.74) is 4.83. The second-order valence-corrected chi connectivity index (χ2v) is 8.11. The fourth-order valence-electron chi connectivity index (χ4n) is 3.79. The van der Waals surface area contributed by atoms with Crippen LogP contribution in [0.15, 0.2) is 28.9 Å². The number of nitrogens with one attached hydrogen (secondary N) is 1. The number of nitrogens with zero attached hydrogens (tertiary/aromatic N) is 2. The number of benzene rings is 1. The van der Waals surface area contributed by atoms with Crippen LogP contribution in [-0.4, -0.2) is 36.1 Å². The molecule has 0 amide bonds. The monoisotopic (exact) mass is 425 g/mol. The lowest BCUT2D eigenvalue weighted by atomic mass is 9.96. The van der Waals surface area contributed by atoms with E-state index in [4.69, 9.17) is 28.2 Å². The Kier molecular flexibility index (Phi) is 4.85. The molecule has 2 aliphatic rings. The van der Waals surface area contributed by atoms with Crippen LogP contribution < -0.4 is 5.32 Å². The van der Waals surface area contributed by atoms with E-state index in [9.17, 15) is 0 Å². The molecule has 3 nitrogen and oxygen atoms in total. The average molecular weight is 427 g/mol. The molecule has 1 fully saturated rings. The van der Waals surface area contributed by atoms with Crippen molar-refractivity contribution in [2.75, 3.05) is 26.2 Å². The van der Waals surface area contributed by atoms with E-state index in [1.807, 2.05) is 12.3 Å². The molecule has 1 aliphatic heterocycles. The van der Waals surface area contributed by atoms with Crippen LogP contribution >= 0.6 is 39.1 Å². The molecule has 1 aromatic carbocycles. The zero-order chi connectivity index (χ0) is 16.7. The van der Waals surface area contributed by atoms with Crippen molar-refractivity contribution in [3.8, 4) is 0 Å². The highest BCUT2D eigenvalue weighted by Gasteiger charge is 2.32. The SMILES string of the molecule is Clc1cc(Cl)c2c(c1)CCc1cc(Br)cnc1C2N1CCNCC1. The van der Waals surface area contributed by atoms with E-state index in [1.54, 1.807) is 0 Å². The van der Waals surface area contributed by atoms with Crippen LogP contribution in [0.4, 0.5) is 0 Å². The van der Waals surface area contributed by atoms with Crippen LogP contribution in [0.1, 0.15) is 28.4 Å². The van der Waals surface area contributed by atoms with Gasteiger partial charge in [0.15, 0.2) is 0 Å². The highest BCUT2D eigenvalue weighted by Crippen LogP contribution is 2.41. The first-order chi connectivity index (χ1) is 11.6. The Bertz CT molecular complexity index is 775. The highest BCUT2D eigenvalue weighted by atomic mass is 79.9. The van der Waals surface area contributed by atoms with Crippen LogP contribution in [-0.2, 0) is 12.8 Å². The molecule has 24 heavy (non-hydrogen) atoms. The molecule has 1 unspecified atom stereocenters. The van der Waals surface area contributed by atoms with E-state index in [-0.39, 0.29) is 6.04 Å². The lowest BCUT2D eigenvalue weighted by Crippen LogP contribution is -2.45. The van der Waals surface area contributed by atoms with Crippen LogP contribution in [0, 0.1) is 0 Å². The third-order valence-electron chi connectivity index (χ3n) is 4.86. The summed E-state index contributed by atoms with van der Waals surface area (Å²) in [7, 11) is 0. The Morgan fingerprint density at radius 2 is 1.83 bits per heavy atom. The summed E-state index contributed by atoms with van der Waals surface area (Å²) >= 11 is 16.5. The quantitative estimate of drug-likeness (QED) is 0.738. The first-order valence-corrected chi connectivity index (χ1v) is 9.75. The average Bonchev–Trinajstić information content (AvgIpc) is 2.72. The molecule has 0 radical (unpaired) electrons. The number of fused-ring (bicyclic) bond motifs is 2.